The average Bonchev–Trinajstić information content (AvgIpc) is 2.47. The highest BCUT2D eigenvalue weighted by atomic mass is 16.5. The lowest BCUT2D eigenvalue weighted by atomic mass is 10.1. The third-order valence-corrected chi connectivity index (χ3v) is 2.82. The zero-order chi connectivity index (χ0) is 13.5. The smallest absolute Gasteiger partial charge is 0.251 e. The lowest BCUT2D eigenvalue weighted by molar-refractivity contribution is 0.0951. The molecule has 0 heterocycles. The van der Waals surface area contributed by atoms with Gasteiger partial charge in [0, 0.05) is 19.2 Å². The Kier molecular flexibility index (Phi) is 4.70. The third-order valence-electron chi connectivity index (χ3n) is 2.82. The van der Waals surface area contributed by atoms with E-state index in [0.717, 1.165) is 11.1 Å². The van der Waals surface area contributed by atoms with Crippen LogP contribution in [-0.2, 0) is 17.9 Å². The monoisotopic (exact) mass is 255 g/mol. The van der Waals surface area contributed by atoms with Gasteiger partial charge in [0.2, 0.25) is 0 Å². The number of carbonyl (C=O) groups excluding carboxylic acids is 1. The van der Waals surface area contributed by atoms with Crippen LogP contribution in [0, 0.1) is 0 Å². The Bertz CT molecular complexity index is 520. The number of ether oxygens (including phenoxy) is 1. The molecule has 1 N–H and O–H groups in total. The van der Waals surface area contributed by atoms with Crippen molar-refractivity contribution in [1.29, 1.82) is 0 Å². The zero-order valence-electron chi connectivity index (χ0n) is 10.9. The maximum absolute atomic E-state index is 11.9. The summed E-state index contributed by atoms with van der Waals surface area (Å²) >= 11 is 0. The van der Waals surface area contributed by atoms with Crippen molar-refractivity contribution in [3.63, 3.8) is 0 Å². The van der Waals surface area contributed by atoms with Gasteiger partial charge in [-0.1, -0.05) is 42.5 Å². The van der Waals surface area contributed by atoms with E-state index < -0.39 is 0 Å². The van der Waals surface area contributed by atoms with E-state index in [9.17, 15) is 4.79 Å². The predicted octanol–water partition coefficient (Wildman–Crippen LogP) is 2.76. The van der Waals surface area contributed by atoms with Crippen LogP contribution in [0.3, 0.4) is 0 Å². The van der Waals surface area contributed by atoms with Gasteiger partial charge in [0.1, 0.15) is 0 Å². The molecule has 3 nitrogen and oxygen atoms in total. The van der Waals surface area contributed by atoms with E-state index >= 15 is 0 Å². The van der Waals surface area contributed by atoms with Crippen LogP contribution in [0.2, 0.25) is 0 Å². The van der Waals surface area contributed by atoms with E-state index in [1.165, 1.54) is 0 Å². The number of nitrogens with one attached hydrogen (secondary N) is 1. The Morgan fingerprint density at radius 3 is 2.32 bits per heavy atom. The quantitative estimate of drug-likeness (QED) is 0.892. The van der Waals surface area contributed by atoms with Crippen molar-refractivity contribution in [2.45, 2.75) is 13.2 Å². The Morgan fingerprint density at radius 2 is 1.68 bits per heavy atom. The van der Waals surface area contributed by atoms with Crippen LogP contribution in [0.15, 0.2) is 54.6 Å². The normalized spacial score (nSPS) is 10.2. The molecule has 0 fully saturated rings. The number of rotatable bonds is 5. The Morgan fingerprint density at radius 1 is 1.00 bits per heavy atom. The van der Waals surface area contributed by atoms with Crippen molar-refractivity contribution in [1.82, 2.24) is 5.32 Å². The Labute approximate surface area is 113 Å². The van der Waals surface area contributed by atoms with Gasteiger partial charge in [-0.3, -0.25) is 4.79 Å². The highest BCUT2D eigenvalue weighted by molar-refractivity contribution is 5.94. The molecule has 1 amide bonds. The first-order chi connectivity index (χ1) is 9.29. The summed E-state index contributed by atoms with van der Waals surface area (Å²) in [6, 6.07) is 17.3. The van der Waals surface area contributed by atoms with Gasteiger partial charge in [0.05, 0.1) is 6.61 Å². The van der Waals surface area contributed by atoms with Crippen LogP contribution in [0.5, 0.6) is 0 Å². The molecular formula is C16H17NO2. The van der Waals surface area contributed by atoms with Crippen LogP contribution in [0.1, 0.15) is 21.5 Å². The fourth-order valence-corrected chi connectivity index (χ4v) is 1.80. The first-order valence-corrected chi connectivity index (χ1v) is 6.19. The van der Waals surface area contributed by atoms with E-state index in [1.54, 1.807) is 7.11 Å². The van der Waals surface area contributed by atoms with Crippen molar-refractivity contribution >= 4 is 5.91 Å². The molecule has 0 aliphatic rings. The van der Waals surface area contributed by atoms with Crippen molar-refractivity contribution in [3.05, 3.63) is 71.3 Å². The second kappa shape index (κ2) is 6.71. The zero-order valence-corrected chi connectivity index (χ0v) is 10.9. The van der Waals surface area contributed by atoms with Crippen molar-refractivity contribution < 1.29 is 9.53 Å². The van der Waals surface area contributed by atoms with Crippen molar-refractivity contribution in [2.75, 3.05) is 7.11 Å². The van der Waals surface area contributed by atoms with E-state index in [1.807, 2.05) is 54.6 Å². The van der Waals surface area contributed by atoms with Gasteiger partial charge in [-0.05, 0) is 23.3 Å². The van der Waals surface area contributed by atoms with E-state index in [4.69, 9.17) is 4.74 Å². The molecule has 2 rings (SSSR count). The number of benzene rings is 2. The molecule has 0 saturated carbocycles. The Hall–Kier alpha value is -2.13. The number of hydrogen-bond acceptors (Lipinski definition) is 2. The number of amides is 1. The minimum absolute atomic E-state index is 0.0622. The van der Waals surface area contributed by atoms with Gasteiger partial charge in [-0.2, -0.15) is 0 Å². The number of hydrogen-bond donors (Lipinski definition) is 1. The topological polar surface area (TPSA) is 38.3 Å². The van der Waals surface area contributed by atoms with Crippen LogP contribution in [0.25, 0.3) is 0 Å². The largest absolute Gasteiger partial charge is 0.380 e. The Balaban J connectivity index is 1.92. The molecule has 2 aromatic rings. The van der Waals surface area contributed by atoms with Crippen LogP contribution < -0.4 is 5.32 Å². The molecule has 0 aliphatic heterocycles. The van der Waals surface area contributed by atoms with Crippen LogP contribution in [-0.4, -0.2) is 13.0 Å². The van der Waals surface area contributed by atoms with Crippen molar-refractivity contribution in [3.8, 4) is 0 Å². The van der Waals surface area contributed by atoms with Gasteiger partial charge >= 0.3 is 0 Å². The maximum atomic E-state index is 11.9. The molecule has 0 aromatic heterocycles. The number of methoxy groups -OCH3 is 1. The molecule has 0 unspecified atom stereocenters. The molecule has 0 radical (unpaired) electrons. The lowest BCUT2D eigenvalue weighted by Crippen LogP contribution is -2.22. The first kappa shape index (κ1) is 13.3. The summed E-state index contributed by atoms with van der Waals surface area (Å²) in [6.45, 7) is 1.10. The van der Waals surface area contributed by atoms with Crippen LogP contribution in [0.4, 0.5) is 0 Å². The lowest BCUT2D eigenvalue weighted by Gasteiger charge is -2.06. The molecule has 19 heavy (non-hydrogen) atoms. The summed E-state index contributed by atoms with van der Waals surface area (Å²) in [5.74, 6) is -0.0622. The molecule has 0 atom stereocenters. The van der Waals surface area contributed by atoms with Gasteiger partial charge in [-0.15, -0.1) is 0 Å². The van der Waals surface area contributed by atoms with Gasteiger partial charge in [-0.25, -0.2) is 0 Å². The fraction of sp³-hybridized carbons (Fsp3) is 0.188. The second-order valence-corrected chi connectivity index (χ2v) is 4.30. The highest BCUT2D eigenvalue weighted by Crippen LogP contribution is 2.06. The molecule has 0 aliphatic carbocycles. The summed E-state index contributed by atoms with van der Waals surface area (Å²) in [5, 5.41) is 2.90. The SMILES string of the molecule is COCc1ccc(C(=O)NCc2ccccc2)cc1. The summed E-state index contributed by atoms with van der Waals surface area (Å²) in [4.78, 5) is 11.9. The van der Waals surface area contributed by atoms with E-state index in [2.05, 4.69) is 5.32 Å². The minimum atomic E-state index is -0.0622. The van der Waals surface area contributed by atoms with E-state index in [-0.39, 0.29) is 5.91 Å². The maximum Gasteiger partial charge on any atom is 0.251 e. The summed E-state index contributed by atoms with van der Waals surface area (Å²) in [6.07, 6.45) is 0. The first-order valence-electron chi connectivity index (χ1n) is 6.19. The van der Waals surface area contributed by atoms with Gasteiger partial charge < -0.3 is 10.1 Å². The average molecular weight is 255 g/mol. The minimum Gasteiger partial charge on any atom is -0.380 e. The summed E-state index contributed by atoms with van der Waals surface area (Å²) in [7, 11) is 1.65. The molecule has 3 heteroatoms. The summed E-state index contributed by atoms with van der Waals surface area (Å²) in [5.41, 5.74) is 2.81. The molecule has 0 bridgehead atoms. The molecular weight excluding hydrogens is 238 g/mol. The van der Waals surface area contributed by atoms with Crippen molar-refractivity contribution in [2.24, 2.45) is 0 Å². The van der Waals surface area contributed by atoms with Crippen LogP contribution >= 0.6 is 0 Å². The predicted molar refractivity (Wildman–Crippen MR) is 74.8 cm³/mol. The number of carbonyl (C=O) groups is 1. The standard InChI is InChI=1S/C16H17NO2/c1-19-12-14-7-9-15(10-8-14)16(18)17-11-13-5-3-2-4-6-13/h2-10H,11-12H2,1H3,(H,17,18). The molecule has 98 valence electrons. The molecule has 0 saturated heterocycles. The second-order valence-electron chi connectivity index (χ2n) is 4.30. The highest BCUT2D eigenvalue weighted by Gasteiger charge is 2.04. The third kappa shape index (κ3) is 3.93. The fourth-order valence-electron chi connectivity index (χ4n) is 1.80. The molecule has 2 aromatic carbocycles. The summed E-state index contributed by atoms with van der Waals surface area (Å²) < 4.78 is 5.03. The van der Waals surface area contributed by atoms with Gasteiger partial charge in [0.15, 0.2) is 0 Å². The molecule has 0 spiro atoms. The van der Waals surface area contributed by atoms with Gasteiger partial charge in [0.25, 0.3) is 5.91 Å². The van der Waals surface area contributed by atoms with E-state index in [0.29, 0.717) is 18.7 Å².